The third-order valence-corrected chi connectivity index (χ3v) is 5.43. The zero-order chi connectivity index (χ0) is 16.2. The van der Waals surface area contributed by atoms with Gasteiger partial charge in [-0.25, -0.2) is 0 Å². The fourth-order valence-corrected chi connectivity index (χ4v) is 3.86. The molecule has 3 rings (SSSR count). The van der Waals surface area contributed by atoms with Gasteiger partial charge in [0.2, 0.25) is 0 Å². The van der Waals surface area contributed by atoms with E-state index in [1.807, 2.05) is 25.9 Å². The van der Waals surface area contributed by atoms with Crippen LogP contribution in [0.4, 0.5) is 0 Å². The molecule has 2 aromatic rings. The van der Waals surface area contributed by atoms with Gasteiger partial charge in [0.05, 0.1) is 6.54 Å². The van der Waals surface area contributed by atoms with Crippen molar-refractivity contribution in [3.8, 4) is 11.8 Å². The van der Waals surface area contributed by atoms with Gasteiger partial charge in [-0.15, -0.1) is 11.8 Å². The first-order chi connectivity index (χ1) is 11.2. The van der Waals surface area contributed by atoms with E-state index in [1.165, 1.54) is 25.8 Å². The Labute approximate surface area is 147 Å². The van der Waals surface area contributed by atoms with Crippen LogP contribution < -0.4 is 0 Å². The largest absolute Gasteiger partial charge is 0.299 e. The van der Waals surface area contributed by atoms with Crippen LogP contribution in [0.15, 0.2) is 57.2 Å². The van der Waals surface area contributed by atoms with Crippen LogP contribution in [-0.2, 0) is 0 Å². The Hall–Kier alpha value is -1.60. The van der Waals surface area contributed by atoms with Crippen LogP contribution in [0.5, 0.6) is 0 Å². The van der Waals surface area contributed by atoms with Crippen LogP contribution in [-0.4, -0.2) is 31.8 Å². The summed E-state index contributed by atoms with van der Waals surface area (Å²) in [5.74, 6) is 6.67. The first-order valence-electron chi connectivity index (χ1n) is 7.48. The molecule has 1 aliphatic rings. The van der Waals surface area contributed by atoms with E-state index in [1.54, 1.807) is 11.8 Å². The first-order valence-corrected chi connectivity index (χ1v) is 9.52. The van der Waals surface area contributed by atoms with Crippen molar-refractivity contribution in [1.29, 1.82) is 0 Å². The SMILES string of the molecule is CSc1ccc2c(c1)C(C#CCN(C)C)=Cc1ccccc1S2. The second-order valence-corrected chi connectivity index (χ2v) is 7.56. The maximum absolute atomic E-state index is 3.39. The molecule has 0 aliphatic carbocycles. The number of benzene rings is 2. The molecule has 1 heterocycles. The van der Waals surface area contributed by atoms with Gasteiger partial charge in [0.1, 0.15) is 0 Å². The quantitative estimate of drug-likeness (QED) is 0.562. The highest BCUT2D eigenvalue weighted by Crippen LogP contribution is 2.41. The number of nitrogens with zero attached hydrogens (tertiary/aromatic N) is 1. The fourth-order valence-electron chi connectivity index (χ4n) is 2.38. The lowest BCUT2D eigenvalue weighted by Crippen LogP contribution is -2.10. The first kappa shape index (κ1) is 16.3. The summed E-state index contributed by atoms with van der Waals surface area (Å²) in [5.41, 5.74) is 3.59. The topological polar surface area (TPSA) is 3.24 Å². The third-order valence-electron chi connectivity index (χ3n) is 3.53. The molecule has 1 aliphatic heterocycles. The highest BCUT2D eigenvalue weighted by Gasteiger charge is 2.15. The Kier molecular flexibility index (Phi) is 5.17. The molecule has 23 heavy (non-hydrogen) atoms. The molecule has 0 saturated heterocycles. The summed E-state index contributed by atoms with van der Waals surface area (Å²) in [4.78, 5) is 5.93. The van der Waals surface area contributed by atoms with Crippen molar-refractivity contribution in [1.82, 2.24) is 4.90 Å². The number of hydrogen-bond donors (Lipinski definition) is 0. The van der Waals surface area contributed by atoms with Crippen LogP contribution in [0.2, 0.25) is 0 Å². The number of allylic oxidation sites excluding steroid dienone is 1. The predicted molar refractivity (Wildman–Crippen MR) is 103 cm³/mol. The Morgan fingerprint density at radius 3 is 2.70 bits per heavy atom. The van der Waals surface area contributed by atoms with E-state index in [0.717, 1.165) is 12.1 Å². The van der Waals surface area contributed by atoms with E-state index in [9.17, 15) is 0 Å². The molecule has 0 fully saturated rings. The average Bonchev–Trinajstić information content (AvgIpc) is 2.70. The van der Waals surface area contributed by atoms with Crippen LogP contribution in [0.3, 0.4) is 0 Å². The van der Waals surface area contributed by atoms with E-state index in [-0.39, 0.29) is 0 Å². The molecule has 0 bridgehead atoms. The summed E-state index contributed by atoms with van der Waals surface area (Å²) in [6.45, 7) is 0.768. The van der Waals surface area contributed by atoms with Crippen LogP contribution >= 0.6 is 23.5 Å². The molecule has 0 N–H and O–H groups in total. The van der Waals surface area contributed by atoms with Gasteiger partial charge in [0.25, 0.3) is 0 Å². The normalized spacial score (nSPS) is 12.6. The minimum Gasteiger partial charge on any atom is -0.299 e. The number of hydrogen-bond acceptors (Lipinski definition) is 3. The van der Waals surface area contributed by atoms with E-state index in [2.05, 4.69) is 71.5 Å². The van der Waals surface area contributed by atoms with E-state index < -0.39 is 0 Å². The van der Waals surface area contributed by atoms with Crippen molar-refractivity contribution in [2.75, 3.05) is 26.9 Å². The minimum absolute atomic E-state index is 0.768. The summed E-state index contributed by atoms with van der Waals surface area (Å²) in [5, 5.41) is 0. The molecule has 1 nitrogen and oxygen atoms in total. The molecule has 0 aromatic heterocycles. The maximum Gasteiger partial charge on any atom is 0.0600 e. The predicted octanol–water partition coefficient (Wildman–Crippen LogP) is 4.98. The Morgan fingerprint density at radius 2 is 1.91 bits per heavy atom. The van der Waals surface area contributed by atoms with Gasteiger partial charge >= 0.3 is 0 Å². The smallest absolute Gasteiger partial charge is 0.0600 e. The van der Waals surface area contributed by atoms with Crippen LogP contribution in [0.1, 0.15) is 11.1 Å². The van der Waals surface area contributed by atoms with Gasteiger partial charge in [-0.2, -0.15) is 0 Å². The van der Waals surface area contributed by atoms with Gasteiger partial charge < -0.3 is 0 Å². The van der Waals surface area contributed by atoms with E-state index >= 15 is 0 Å². The Bertz CT molecular complexity index is 810. The highest BCUT2D eigenvalue weighted by atomic mass is 32.2. The molecule has 0 spiro atoms. The van der Waals surface area contributed by atoms with Gasteiger partial charge in [-0.05, 0) is 56.3 Å². The highest BCUT2D eigenvalue weighted by molar-refractivity contribution is 7.99. The molecule has 3 heteroatoms. The second kappa shape index (κ2) is 7.31. The van der Waals surface area contributed by atoms with Crippen molar-refractivity contribution >= 4 is 35.2 Å². The Morgan fingerprint density at radius 1 is 1.09 bits per heavy atom. The summed E-state index contributed by atoms with van der Waals surface area (Å²) in [6, 6.07) is 15.2. The number of fused-ring (bicyclic) bond motifs is 2. The van der Waals surface area contributed by atoms with E-state index in [4.69, 9.17) is 0 Å². The minimum atomic E-state index is 0.768. The lowest BCUT2D eigenvalue weighted by molar-refractivity contribution is 0.464. The van der Waals surface area contributed by atoms with Gasteiger partial charge in [0.15, 0.2) is 0 Å². The van der Waals surface area contributed by atoms with E-state index in [0.29, 0.717) is 0 Å². The van der Waals surface area contributed by atoms with Gasteiger partial charge in [-0.3, -0.25) is 4.90 Å². The summed E-state index contributed by atoms with van der Waals surface area (Å²) in [7, 11) is 4.09. The lowest BCUT2D eigenvalue weighted by atomic mass is 10.0. The number of thioether (sulfide) groups is 1. The molecular weight excluding hydrogens is 318 g/mol. The molecule has 2 aromatic carbocycles. The molecule has 0 radical (unpaired) electrons. The van der Waals surface area contributed by atoms with Gasteiger partial charge in [-0.1, -0.05) is 41.8 Å². The summed E-state index contributed by atoms with van der Waals surface area (Å²) in [6.07, 6.45) is 4.34. The third kappa shape index (κ3) is 3.84. The molecule has 0 atom stereocenters. The molecular formula is C20H19NS2. The zero-order valence-corrected chi connectivity index (χ0v) is 15.2. The molecule has 0 unspecified atom stereocenters. The van der Waals surface area contributed by atoms with Crippen LogP contribution in [0, 0.1) is 11.8 Å². The van der Waals surface area contributed by atoms with Crippen molar-refractivity contribution in [2.24, 2.45) is 0 Å². The fraction of sp³-hybridized carbons (Fsp3) is 0.200. The standard InChI is InChI=1S/C20H19NS2/c1-21(2)12-6-8-15-13-16-7-4-5-9-19(16)23-20-11-10-17(22-3)14-18(15)20/h4-5,7,9-11,13-14H,12H2,1-3H3. The van der Waals surface area contributed by atoms with Crippen LogP contribution in [0.25, 0.3) is 11.6 Å². The summed E-state index contributed by atoms with van der Waals surface area (Å²) < 4.78 is 0. The second-order valence-electron chi connectivity index (χ2n) is 5.60. The lowest BCUT2D eigenvalue weighted by Gasteiger charge is -2.08. The molecule has 116 valence electrons. The Balaban J connectivity index is 2.13. The maximum atomic E-state index is 3.39. The van der Waals surface area contributed by atoms with Crippen molar-refractivity contribution in [3.63, 3.8) is 0 Å². The number of rotatable bonds is 2. The average molecular weight is 338 g/mol. The zero-order valence-electron chi connectivity index (χ0n) is 13.6. The van der Waals surface area contributed by atoms with Gasteiger partial charge in [0, 0.05) is 25.8 Å². The molecule has 0 amide bonds. The molecule has 0 saturated carbocycles. The van der Waals surface area contributed by atoms with Crippen molar-refractivity contribution in [3.05, 3.63) is 53.6 Å². The monoisotopic (exact) mass is 337 g/mol. The van der Waals surface area contributed by atoms with Crippen molar-refractivity contribution in [2.45, 2.75) is 14.7 Å². The summed E-state index contributed by atoms with van der Waals surface area (Å²) >= 11 is 3.60. The van der Waals surface area contributed by atoms with Crippen molar-refractivity contribution < 1.29 is 0 Å².